The SMILES string of the molecule is CCOCc1nc(Cl)cc(-c2cc3cc(C)ccc3o2)n1. The summed E-state index contributed by atoms with van der Waals surface area (Å²) in [5, 5.41) is 1.43. The third-order valence-electron chi connectivity index (χ3n) is 3.10. The molecule has 3 rings (SSSR count). The van der Waals surface area contributed by atoms with E-state index in [1.54, 1.807) is 6.07 Å². The molecule has 0 saturated heterocycles. The Hall–Kier alpha value is -1.91. The molecule has 21 heavy (non-hydrogen) atoms. The molecule has 4 nitrogen and oxygen atoms in total. The Bertz CT molecular complexity index is 783. The summed E-state index contributed by atoms with van der Waals surface area (Å²) in [5.74, 6) is 1.23. The largest absolute Gasteiger partial charge is 0.454 e. The number of benzene rings is 1. The fraction of sp³-hybridized carbons (Fsp3) is 0.250. The minimum atomic E-state index is 0.337. The van der Waals surface area contributed by atoms with E-state index in [9.17, 15) is 0 Å². The lowest BCUT2D eigenvalue weighted by atomic mass is 10.2. The molecule has 0 amide bonds. The maximum absolute atomic E-state index is 6.05. The summed E-state index contributed by atoms with van der Waals surface area (Å²) >= 11 is 6.05. The van der Waals surface area contributed by atoms with Crippen molar-refractivity contribution in [3.63, 3.8) is 0 Å². The quantitative estimate of drug-likeness (QED) is 0.671. The molecule has 0 fully saturated rings. The van der Waals surface area contributed by atoms with Crippen molar-refractivity contribution in [2.24, 2.45) is 0 Å². The molecule has 0 aliphatic rings. The van der Waals surface area contributed by atoms with E-state index in [2.05, 4.69) is 16.0 Å². The number of ether oxygens (including phenoxy) is 1. The van der Waals surface area contributed by atoms with Crippen LogP contribution in [0.4, 0.5) is 0 Å². The van der Waals surface area contributed by atoms with Crippen molar-refractivity contribution in [1.29, 1.82) is 0 Å². The molecule has 3 aromatic rings. The first kappa shape index (κ1) is 14.0. The van der Waals surface area contributed by atoms with Crippen LogP contribution < -0.4 is 0 Å². The van der Waals surface area contributed by atoms with E-state index < -0.39 is 0 Å². The van der Waals surface area contributed by atoms with Crippen molar-refractivity contribution < 1.29 is 9.15 Å². The Morgan fingerprint density at radius 1 is 1.19 bits per heavy atom. The maximum atomic E-state index is 6.05. The summed E-state index contributed by atoms with van der Waals surface area (Å²) in [4.78, 5) is 8.60. The standard InChI is InChI=1S/C16H15ClN2O2/c1-3-20-9-16-18-12(8-15(17)19-16)14-7-11-6-10(2)4-5-13(11)21-14/h4-8H,3,9H2,1-2H3. The molecule has 5 heteroatoms. The third-order valence-corrected chi connectivity index (χ3v) is 3.29. The van der Waals surface area contributed by atoms with Crippen LogP contribution in [0, 0.1) is 6.92 Å². The summed E-state index contributed by atoms with van der Waals surface area (Å²) in [7, 11) is 0. The van der Waals surface area contributed by atoms with Crippen LogP contribution in [-0.4, -0.2) is 16.6 Å². The summed E-state index contributed by atoms with van der Waals surface area (Å²) in [6, 6.07) is 9.71. The van der Waals surface area contributed by atoms with E-state index in [-0.39, 0.29) is 0 Å². The van der Waals surface area contributed by atoms with E-state index in [4.69, 9.17) is 20.8 Å². The maximum Gasteiger partial charge on any atom is 0.156 e. The molecule has 0 saturated carbocycles. The molecular formula is C16H15ClN2O2. The number of furan rings is 1. The molecule has 2 aromatic heterocycles. The molecule has 0 unspecified atom stereocenters. The first-order chi connectivity index (χ1) is 10.2. The smallest absolute Gasteiger partial charge is 0.156 e. The first-order valence-corrected chi connectivity index (χ1v) is 7.15. The first-order valence-electron chi connectivity index (χ1n) is 6.77. The normalized spacial score (nSPS) is 11.2. The lowest BCUT2D eigenvalue weighted by molar-refractivity contribution is 0.128. The molecular weight excluding hydrogens is 288 g/mol. The van der Waals surface area contributed by atoms with Gasteiger partial charge in [0.15, 0.2) is 11.6 Å². The molecule has 0 N–H and O–H groups in total. The Morgan fingerprint density at radius 2 is 2.05 bits per heavy atom. The van der Waals surface area contributed by atoms with Crippen LogP contribution >= 0.6 is 11.6 Å². The average Bonchev–Trinajstić information content (AvgIpc) is 2.87. The summed E-state index contributed by atoms with van der Waals surface area (Å²) in [5.41, 5.74) is 2.68. The van der Waals surface area contributed by atoms with E-state index >= 15 is 0 Å². The van der Waals surface area contributed by atoms with Gasteiger partial charge in [0.2, 0.25) is 0 Å². The fourth-order valence-electron chi connectivity index (χ4n) is 2.14. The van der Waals surface area contributed by atoms with Gasteiger partial charge in [-0.25, -0.2) is 9.97 Å². The minimum Gasteiger partial charge on any atom is -0.454 e. The third kappa shape index (κ3) is 3.06. The molecule has 0 radical (unpaired) electrons. The van der Waals surface area contributed by atoms with E-state index in [0.29, 0.717) is 35.6 Å². The van der Waals surface area contributed by atoms with Crippen LogP contribution in [-0.2, 0) is 11.3 Å². The van der Waals surface area contributed by atoms with E-state index in [1.165, 1.54) is 5.56 Å². The van der Waals surface area contributed by atoms with Crippen LogP contribution in [0.1, 0.15) is 18.3 Å². The van der Waals surface area contributed by atoms with Gasteiger partial charge in [-0.3, -0.25) is 0 Å². The second kappa shape index (κ2) is 5.84. The highest BCUT2D eigenvalue weighted by Gasteiger charge is 2.11. The molecule has 108 valence electrons. The van der Waals surface area contributed by atoms with Crippen molar-refractivity contribution in [1.82, 2.24) is 9.97 Å². The monoisotopic (exact) mass is 302 g/mol. The molecule has 1 aromatic carbocycles. The van der Waals surface area contributed by atoms with Gasteiger partial charge in [0, 0.05) is 18.1 Å². The Morgan fingerprint density at radius 3 is 2.86 bits per heavy atom. The Kier molecular flexibility index (Phi) is 3.90. The van der Waals surface area contributed by atoms with Crippen molar-refractivity contribution in [2.45, 2.75) is 20.5 Å². The minimum absolute atomic E-state index is 0.337. The number of hydrogen-bond acceptors (Lipinski definition) is 4. The topological polar surface area (TPSA) is 48.2 Å². The highest BCUT2D eigenvalue weighted by atomic mass is 35.5. The summed E-state index contributed by atoms with van der Waals surface area (Å²) in [6.45, 7) is 4.92. The Balaban J connectivity index is 2.02. The lowest BCUT2D eigenvalue weighted by Gasteiger charge is -2.03. The van der Waals surface area contributed by atoms with Crippen LogP contribution in [0.3, 0.4) is 0 Å². The van der Waals surface area contributed by atoms with Crippen molar-refractivity contribution in [3.05, 3.63) is 46.9 Å². The lowest BCUT2D eigenvalue weighted by Crippen LogP contribution is -2.00. The summed E-state index contributed by atoms with van der Waals surface area (Å²) < 4.78 is 11.2. The van der Waals surface area contributed by atoms with E-state index in [0.717, 1.165) is 11.0 Å². The fourth-order valence-corrected chi connectivity index (χ4v) is 2.34. The molecule has 0 atom stereocenters. The number of halogens is 1. The van der Waals surface area contributed by atoms with E-state index in [1.807, 2.05) is 32.0 Å². The molecule has 2 heterocycles. The number of rotatable bonds is 4. The molecule has 0 spiro atoms. The number of nitrogens with zero attached hydrogens (tertiary/aromatic N) is 2. The van der Waals surface area contributed by atoms with Gasteiger partial charge in [-0.2, -0.15) is 0 Å². The average molecular weight is 303 g/mol. The number of aromatic nitrogens is 2. The van der Waals surface area contributed by atoms with Gasteiger partial charge in [-0.15, -0.1) is 0 Å². The van der Waals surface area contributed by atoms with Gasteiger partial charge >= 0.3 is 0 Å². The van der Waals surface area contributed by atoms with Gasteiger partial charge in [0.05, 0.1) is 0 Å². The highest BCUT2D eigenvalue weighted by Crippen LogP contribution is 2.28. The van der Waals surface area contributed by atoms with Crippen molar-refractivity contribution in [2.75, 3.05) is 6.61 Å². The Labute approximate surface area is 127 Å². The van der Waals surface area contributed by atoms with Crippen LogP contribution in [0.2, 0.25) is 5.15 Å². The van der Waals surface area contributed by atoms with Gasteiger partial charge < -0.3 is 9.15 Å². The van der Waals surface area contributed by atoms with Gasteiger partial charge in [-0.05, 0) is 32.0 Å². The van der Waals surface area contributed by atoms with Gasteiger partial charge in [0.1, 0.15) is 23.0 Å². The number of aryl methyl sites for hydroxylation is 1. The van der Waals surface area contributed by atoms with Gasteiger partial charge in [0.25, 0.3) is 0 Å². The zero-order valence-electron chi connectivity index (χ0n) is 11.9. The highest BCUT2D eigenvalue weighted by molar-refractivity contribution is 6.29. The van der Waals surface area contributed by atoms with Crippen molar-refractivity contribution in [3.8, 4) is 11.5 Å². The molecule has 0 aliphatic carbocycles. The predicted octanol–water partition coefficient (Wildman–Crippen LogP) is 4.39. The van der Waals surface area contributed by atoms with Crippen LogP contribution in [0.25, 0.3) is 22.4 Å². The summed E-state index contributed by atoms with van der Waals surface area (Å²) in [6.07, 6.45) is 0. The molecule has 0 bridgehead atoms. The van der Waals surface area contributed by atoms with Crippen molar-refractivity contribution >= 4 is 22.6 Å². The molecule has 0 aliphatic heterocycles. The van der Waals surface area contributed by atoms with Crippen LogP contribution in [0.15, 0.2) is 34.7 Å². The zero-order valence-corrected chi connectivity index (χ0v) is 12.6. The zero-order chi connectivity index (χ0) is 14.8. The second-order valence-electron chi connectivity index (χ2n) is 4.78. The second-order valence-corrected chi connectivity index (χ2v) is 5.17. The van der Waals surface area contributed by atoms with Crippen LogP contribution in [0.5, 0.6) is 0 Å². The number of hydrogen-bond donors (Lipinski definition) is 0. The van der Waals surface area contributed by atoms with Gasteiger partial charge in [-0.1, -0.05) is 23.2 Å². The number of fused-ring (bicyclic) bond motifs is 1. The predicted molar refractivity (Wildman–Crippen MR) is 82.3 cm³/mol.